The fraction of sp³-hybridized carbons (Fsp3) is 0.320. The molecule has 0 radical (unpaired) electrons. The Morgan fingerprint density at radius 3 is 2.61 bits per heavy atom. The number of nitrogens with one attached hydrogen (secondary N) is 2. The first-order valence-electron chi connectivity index (χ1n) is 11.4. The molecular weight excluding hydrogens is 487 g/mol. The zero-order valence-electron chi connectivity index (χ0n) is 19.7. The van der Waals surface area contributed by atoms with Gasteiger partial charge in [0.25, 0.3) is 5.91 Å². The van der Waals surface area contributed by atoms with Crippen molar-refractivity contribution in [3.05, 3.63) is 64.5 Å². The van der Waals surface area contributed by atoms with Crippen LogP contribution in [-0.4, -0.2) is 51.8 Å². The number of benzene rings is 1. The molecule has 3 aromatic rings. The van der Waals surface area contributed by atoms with E-state index in [4.69, 9.17) is 4.74 Å². The Labute approximate surface area is 210 Å². The van der Waals surface area contributed by atoms with Gasteiger partial charge in [0.1, 0.15) is 29.4 Å². The summed E-state index contributed by atoms with van der Waals surface area (Å²) in [4.78, 5) is 41.1. The second kappa shape index (κ2) is 10.9. The Balaban J connectivity index is 1.41. The molecule has 2 aromatic heterocycles. The summed E-state index contributed by atoms with van der Waals surface area (Å²) in [5, 5.41) is 13.9. The lowest BCUT2D eigenvalue weighted by Gasteiger charge is -2.15. The molecule has 188 valence electrons. The summed E-state index contributed by atoms with van der Waals surface area (Å²) in [5.41, 5.74) is 1.16. The van der Waals surface area contributed by atoms with Gasteiger partial charge in [0.05, 0.1) is 28.9 Å². The van der Waals surface area contributed by atoms with Crippen LogP contribution >= 0.6 is 11.5 Å². The number of ether oxygens (including phenoxy) is 1. The molecule has 0 saturated heterocycles. The van der Waals surface area contributed by atoms with Crippen molar-refractivity contribution in [3.63, 3.8) is 0 Å². The molecule has 1 aromatic carbocycles. The fourth-order valence-electron chi connectivity index (χ4n) is 3.49. The summed E-state index contributed by atoms with van der Waals surface area (Å²) < 4.78 is 25.0. The number of carbonyl (C=O) groups is 3. The number of halogens is 1. The van der Waals surface area contributed by atoms with Crippen molar-refractivity contribution >= 4 is 29.1 Å². The van der Waals surface area contributed by atoms with E-state index < -0.39 is 30.3 Å². The number of amides is 2. The third kappa shape index (κ3) is 5.74. The van der Waals surface area contributed by atoms with Crippen molar-refractivity contribution in [2.75, 3.05) is 13.7 Å². The van der Waals surface area contributed by atoms with E-state index in [0.29, 0.717) is 22.7 Å². The van der Waals surface area contributed by atoms with Crippen LogP contribution in [0.1, 0.15) is 51.6 Å². The Hall–Kier alpha value is -3.70. The summed E-state index contributed by atoms with van der Waals surface area (Å²) in [7, 11) is 1.37. The van der Waals surface area contributed by atoms with Crippen LogP contribution < -0.4 is 15.4 Å². The predicted octanol–water partition coefficient (Wildman–Crippen LogP) is 2.91. The van der Waals surface area contributed by atoms with Gasteiger partial charge in [0, 0.05) is 18.5 Å². The highest BCUT2D eigenvalue weighted by molar-refractivity contribution is 7.06. The van der Waals surface area contributed by atoms with Crippen LogP contribution in [0, 0.1) is 11.7 Å². The van der Waals surface area contributed by atoms with Gasteiger partial charge >= 0.3 is 0 Å². The third-order valence-electron chi connectivity index (χ3n) is 5.74. The zero-order valence-corrected chi connectivity index (χ0v) is 20.5. The number of pyridine rings is 1. The zero-order chi connectivity index (χ0) is 25.8. The van der Waals surface area contributed by atoms with Gasteiger partial charge in [-0.05, 0) is 61.6 Å². The second-order valence-electron chi connectivity index (χ2n) is 8.41. The Morgan fingerprint density at radius 1 is 1.22 bits per heavy atom. The van der Waals surface area contributed by atoms with Crippen molar-refractivity contribution < 1.29 is 28.6 Å². The molecule has 0 spiro atoms. The van der Waals surface area contributed by atoms with E-state index >= 15 is 0 Å². The van der Waals surface area contributed by atoms with Gasteiger partial charge in [-0.2, -0.15) is 4.37 Å². The highest BCUT2D eigenvalue weighted by Gasteiger charge is 2.31. The van der Waals surface area contributed by atoms with Crippen molar-refractivity contribution in [3.8, 4) is 17.0 Å². The summed E-state index contributed by atoms with van der Waals surface area (Å²) in [6, 6.07) is 8.00. The number of aliphatic hydroxyl groups excluding tert-OH is 1. The van der Waals surface area contributed by atoms with Crippen LogP contribution in [0.15, 0.2) is 42.6 Å². The molecule has 3 N–H and O–H groups in total. The largest absolute Gasteiger partial charge is 0.484 e. The molecule has 2 heterocycles. The maximum absolute atomic E-state index is 14.7. The molecule has 0 unspecified atom stereocenters. The lowest BCUT2D eigenvalue weighted by atomic mass is 10.1. The number of nitrogens with zero attached hydrogens (tertiary/aromatic N) is 2. The van der Waals surface area contributed by atoms with Crippen LogP contribution in [0.2, 0.25) is 0 Å². The number of carbonyl (C=O) groups excluding carboxylic acids is 3. The molecule has 1 fully saturated rings. The standard InChI is InChI=1S/C25H25FN4O5S/c1-13(35-16-6-8-19(28-11-16)23(32)14-3-4-14)22-10-20(30-36-22)15-5-7-17(18(26)9-15)24(33)29-21(12-31)25(34)27-2/h5-11,13-14,21,31H,3-4,12H2,1-2H3,(H,27,34)(H,29,33)/t13-,21+/m1/s1. The molecule has 0 bridgehead atoms. The molecule has 11 heteroatoms. The van der Waals surface area contributed by atoms with Gasteiger partial charge in [-0.25, -0.2) is 9.37 Å². The smallest absolute Gasteiger partial charge is 0.254 e. The van der Waals surface area contributed by atoms with Crippen LogP contribution in [0.3, 0.4) is 0 Å². The number of likely N-dealkylation sites (N-methyl/N-ethyl adjacent to an activating group) is 1. The molecule has 2 atom stereocenters. The van der Waals surface area contributed by atoms with E-state index in [1.165, 1.54) is 36.9 Å². The molecule has 4 rings (SSSR count). The van der Waals surface area contributed by atoms with Crippen LogP contribution in [0.5, 0.6) is 5.75 Å². The number of aromatic nitrogens is 2. The normalized spacial score (nSPS) is 14.6. The maximum atomic E-state index is 14.7. The van der Waals surface area contributed by atoms with Crippen LogP contribution in [-0.2, 0) is 4.79 Å². The van der Waals surface area contributed by atoms with Crippen molar-refractivity contribution in [2.45, 2.75) is 31.9 Å². The lowest BCUT2D eigenvalue weighted by Crippen LogP contribution is -2.48. The third-order valence-corrected chi connectivity index (χ3v) is 6.69. The van der Waals surface area contributed by atoms with Crippen LogP contribution in [0.4, 0.5) is 4.39 Å². The molecule has 0 aliphatic heterocycles. The van der Waals surface area contributed by atoms with Gasteiger partial charge in [-0.1, -0.05) is 6.07 Å². The highest BCUT2D eigenvalue weighted by atomic mass is 32.1. The van der Waals surface area contributed by atoms with Crippen molar-refractivity contribution in [2.24, 2.45) is 5.92 Å². The average Bonchev–Trinajstić information content (AvgIpc) is 3.62. The summed E-state index contributed by atoms with van der Waals surface area (Å²) in [6.07, 6.45) is 3.01. The topological polar surface area (TPSA) is 131 Å². The molecular formula is C25H25FN4O5S. The molecule has 2 amide bonds. The number of rotatable bonds is 10. The number of ketones is 1. The quantitative estimate of drug-likeness (QED) is 0.356. The predicted molar refractivity (Wildman–Crippen MR) is 130 cm³/mol. The Bertz CT molecular complexity index is 1280. The van der Waals surface area contributed by atoms with Crippen molar-refractivity contribution in [1.29, 1.82) is 0 Å². The Kier molecular flexibility index (Phi) is 7.70. The molecule has 1 aliphatic rings. The maximum Gasteiger partial charge on any atom is 0.254 e. The van der Waals surface area contributed by atoms with E-state index in [1.54, 1.807) is 24.3 Å². The van der Waals surface area contributed by atoms with E-state index in [-0.39, 0.29) is 23.4 Å². The highest BCUT2D eigenvalue weighted by Crippen LogP contribution is 2.33. The van der Waals surface area contributed by atoms with E-state index in [0.717, 1.165) is 17.7 Å². The summed E-state index contributed by atoms with van der Waals surface area (Å²) >= 11 is 1.20. The monoisotopic (exact) mass is 512 g/mol. The Morgan fingerprint density at radius 2 is 2.00 bits per heavy atom. The fourth-order valence-corrected chi connectivity index (χ4v) is 4.22. The summed E-state index contributed by atoms with van der Waals surface area (Å²) in [6.45, 7) is 1.23. The van der Waals surface area contributed by atoms with Crippen molar-refractivity contribution in [1.82, 2.24) is 20.0 Å². The number of Topliss-reactive ketones (excluding diaryl/α,β-unsaturated/α-hetero) is 1. The number of hydrogen-bond donors (Lipinski definition) is 3. The molecule has 9 nitrogen and oxygen atoms in total. The van der Waals surface area contributed by atoms with Gasteiger partial charge < -0.3 is 20.5 Å². The van der Waals surface area contributed by atoms with E-state index in [1.807, 2.05) is 6.92 Å². The second-order valence-corrected chi connectivity index (χ2v) is 9.25. The van der Waals surface area contributed by atoms with Gasteiger partial charge in [-0.3, -0.25) is 14.4 Å². The molecule has 36 heavy (non-hydrogen) atoms. The van der Waals surface area contributed by atoms with Gasteiger partial charge in [0.2, 0.25) is 5.91 Å². The number of aliphatic hydroxyl groups is 1. The molecule has 1 saturated carbocycles. The average molecular weight is 513 g/mol. The minimum absolute atomic E-state index is 0.0668. The first kappa shape index (κ1) is 25.4. The minimum Gasteiger partial charge on any atom is -0.484 e. The first-order valence-corrected chi connectivity index (χ1v) is 12.1. The summed E-state index contributed by atoms with van der Waals surface area (Å²) in [5.74, 6) is -1.51. The SMILES string of the molecule is CNC(=O)[C@H](CO)NC(=O)c1ccc(-c2cc([C@@H](C)Oc3ccc(C(=O)C4CC4)nc3)sn2)cc1F. The van der Waals surface area contributed by atoms with E-state index in [2.05, 4.69) is 20.0 Å². The lowest BCUT2D eigenvalue weighted by molar-refractivity contribution is -0.123. The van der Waals surface area contributed by atoms with Crippen LogP contribution in [0.25, 0.3) is 11.3 Å². The molecule has 1 aliphatic carbocycles. The minimum atomic E-state index is -1.19. The van der Waals surface area contributed by atoms with E-state index in [9.17, 15) is 23.9 Å². The van der Waals surface area contributed by atoms with Gasteiger partial charge in [0.15, 0.2) is 5.78 Å². The first-order chi connectivity index (χ1) is 17.3. The number of hydrogen-bond acceptors (Lipinski definition) is 8. The van der Waals surface area contributed by atoms with Gasteiger partial charge in [-0.15, -0.1) is 0 Å².